The average molecular weight is 1580 g/mol. The van der Waals surface area contributed by atoms with Gasteiger partial charge in [-0.05, 0) is 31.6 Å². The monoisotopic (exact) mass is 1580 g/mol. The standard InChI is InChI=1S/C89H174O17P2/c1-6-9-12-15-18-21-24-27-30-33-36-37-38-39-42-45-48-51-54-59-65-69-74-88(93)105-84(78-99-86(91)72-67-62-57-52-49-46-43-40-34-31-28-25-22-19-16-13-10-7-2)80-103-107(95,96)101-76-83(90)77-102-108(97,98)104-81-85(79-100-87(92)73-68-63-60-55-56-61-66-71-82(4)5)106-89(94)75-70-64-58-53-50-47-44-41-35-32-29-26-23-20-17-14-11-8-3/h82-85,90H,6-81H2,1-5H3,(H,95,96)(H,97,98)/t83-,84-,85-/m1/s1. The first kappa shape index (κ1) is 106. The number of carbonyl (C=O) groups is 4. The van der Waals surface area contributed by atoms with Crippen LogP contribution >= 0.6 is 15.6 Å². The number of aliphatic hydroxyl groups excluding tert-OH is 1. The molecule has 3 N–H and O–H groups in total. The molecule has 0 aromatic rings. The molecule has 19 heteroatoms. The van der Waals surface area contributed by atoms with Gasteiger partial charge in [0.2, 0.25) is 0 Å². The normalized spacial score (nSPS) is 13.7. The van der Waals surface area contributed by atoms with E-state index in [1.807, 2.05) is 0 Å². The molecule has 0 aromatic heterocycles. The molecule has 2 unspecified atom stereocenters. The van der Waals surface area contributed by atoms with Crippen molar-refractivity contribution < 1.29 is 80.2 Å². The van der Waals surface area contributed by atoms with Gasteiger partial charge in [0.05, 0.1) is 26.4 Å². The molecule has 0 aliphatic heterocycles. The summed E-state index contributed by atoms with van der Waals surface area (Å²) in [4.78, 5) is 73.3. The molecule has 0 aliphatic carbocycles. The Bertz CT molecular complexity index is 2050. The van der Waals surface area contributed by atoms with Gasteiger partial charge in [-0.2, -0.15) is 0 Å². The number of hydrogen-bond acceptors (Lipinski definition) is 15. The van der Waals surface area contributed by atoms with E-state index in [1.165, 1.54) is 302 Å². The average Bonchev–Trinajstić information content (AvgIpc) is 0.897. The summed E-state index contributed by atoms with van der Waals surface area (Å²) in [6.07, 6.45) is 76.6. The minimum Gasteiger partial charge on any atom is -0.462 e. The van der Waals surface area contributed by atoms with Gasteiger partial charge in [-0.3, -0.25) is 37.3 Å². The Labute approximate surface area is 664 Å². The summed E-state index contributed by atoms with van der Waals surface area (Å²) in [5.41, 5.74) is 0. The molecule has 108 heavy (non-hydrogen) atoms. The number of unbranched alkanes of at least 4 members (excludes halogenated alkanes) is 61. The Hall–Kier alpha value is -1.94. The minimum atomic E-state index is -4.97. The van der Waals surface area contributed by atoms with Crippen molar-refractivity contribution in [2.75, 3.05) is 39.6 Å². The van der Waals surface area contributed by atoms with Gasteiger partial charge in [0, 0.05) is 25.7 Å². The van der Waals surface area contributed by atoms with Crippen molar-refractivity contribution in [2.24, 2.45) is 5.92 Å². The summed E-state index contributed by atoms with van der Waals surface area (Å²) in [5.74, 6) is -1.39. The quantitative estimate of drug-likeness (QED) is 0.0222. The van der Waals surface area contributed by atoms with E-state index in [0.29, 0.717) is 31.6 Å². The number of phosphoric acid groups is 2. The van der Waals surface area contributed by atoms with E-state index in [2.05, 4.69) is 34.6 Å². The van der Waals surface area contributed by atoms with Crippen LogP contribution in [0.2, 0.25) is 0 Å². The lowest BCUT2D eigenvalue weighted by molar-refractivity contribution is -0.161. The van der Waals surface area contributed by atoms with Gasteiger partial charge in [0.1, 0.15) is 19.3 Å². The molecule has 0 rings (SSSR count). The van der Waals surface area contributed by atoms with E-state index in [4.69, 9.17) is 37.0 Å². The number of rotatable bonds is 89. The smallest absolute Gasteiger partial charge is 0.462 e. The van der Waals surface area contributed by atoms with Gasteiger partial charge >= 0.3 is 39.5 Å². The van der Waals surface area contributed by atoms with Crippen LogP contribution in [0.3, 0.4) is 0 Å². The Balaban J connectivity index is 5.21. The van der Waals surface area contributed by atoms with E-state index in [0.717, 1.165) is 96.3 Å². The van der Waals surface area contributed by atoms with Crippen LogP contribution in [0, 0.1) is 5.92 Å². The van der Waals surface area contributed by atoms with Crippen molar-refractivity contribution in [1.29, 1.82) is 0 Å². The maximum atomic E-state index is 13.2. The lowest BCUT2D eigenvalue weighted by Gasteiger charge is -2.21. The molecular weight excluding hydrogens is 1400 g/mol. The van der Waals surface area contributed by atoms with Crippen molar-refractivity contribution in [1.82, 2.24) is 0 Å². The fourth-order valence-electron chi connectivity index (χ4n) is 14.0. The molecule has 0 fully saturated rings. The number of ether oxygens (including phenoxy) is 4. The Morgan fingerprint density at radius 3 is 0.630 bits per heavy atom. The molecule has 642 valence electrons. The molecule has 0 spiro atoms. The van der Waals surface area contributed by atoms with Gasteiger partial charge in [-0.15, -0.1) is 0 Å². The van der Waals surface area contributed by atoms with Gasteiger partial charge < -0.3 is 33.8 Å². The zero-order valence-corrected chi connectivity index (χ0v) is 72.8. The molecular formula is C89H174O17P2. The summed E-state index contributed by atoms with van der Waals surface area (Å²) in [7, 11) is -9.93. The maximum Gasteiger partial charge on any atom is 0.472 e. The molecule has 0 bridgehead atoms. The molecule has 0 heterocycles. The molecule has 0 aliphatic rings. The second kappa shape index (κ2) is 81.6. The van der Waals surface area contributed by atoms with Crippen molar-refractivity contribution in [2.45, 2.75) is 502 Å². The number of esters is 4. The van der Waals surface area contributed by atoms with E-state index in [-0.39, 0.29) is 25.7 Å². The van der Waals surface area contributed by atoms with Gasteiger partial charge in [0.15, 0.2) is 12.2 Å². The molecule has 0 saturated carbocycles. The second-order valence-electron chi connectivity index (χ2n) is 32.5. The zero-order chi connectivity index (χ0) is 79.0. The summed E-state index contributed by atoms with van der Waals surface area (Å²) in [6, 6.07) is 0. The first-order valence-corrected chi connectivity index (χ1v) is 49.1. The van der Waals surface area contributed by atoms with E-state index >= 15 is 0 Å². The molecule has 0 saturated heterocycles. The van der Waals surface area contributed by atoms with Crippen LogP contribution < -0.4 is 0 Å². The summed E-state index contributed by atoms with van der Waals surface area (Å²) in [6.45, 7) is 7.33. The van der Waals surface area contributed by atoms with E-state index in [1.54, 1.807) is 0 Å². The van der Waals surface area contributed by atoms with E-state index < -0.39 is 97.5 Å². The van der Waals surface area contributed by atoms with Crippen LogP contribution in [-0.4, -0.2) is 96.7 Å². The topological polar surface area (TPSA) is 237 Å². The number of carbonyl (C=O) groups excluding carboxylic acids is 4. The van der Waals surface area contributed by atoms with Crippen LogP contribution in [0.25, 0.3) is 0 Å². The highest BCUT2D eigenvalue weighted by Gasteiger charge is 2.30. The lowest BCUT2D eigenvalue weighted by Crippen LogP contribution is -2.30. The predicted molar refractivity (Wildman–Crippen MR) is 446 cm³/mol. The molecule has 0 aromatic carbocycles. The Morgan fingerprint density at radius 2 is 0.426 bits per heavy atom. The summed E-state index contributed by atoms with van der Waals surface area (Å²) < 4.78 is 69.0. The minimum absolute atomic E-state index is 0.108. The molecule has 5 atom stereocenters. The fraction of sp³-hybridized carbons (Fsp3) is 0.955. The third kappa shape index (κ3) is 82.1. The third-order valence-electron chi connectivity index (χ3n) is 21.0. The summed E-state index contributed by atoms with van der Waals surface area (Å²) >= 11 is 0. The number of hydrogen-bond donors (Lipinski definition) is 3. The number of aliphatic hydroxyl groups is 1. The van der Waals surface area contributed by atoms with Crippen molar-refractivity contribution in [3.8, 4) is 0 Å². The first-order chi connectivity index (χ1) is 52.5. The second-order valence-corrected chi connectivity index (χ2v) is 35.4. The molecule has 0 radical (unpaired) electrons. The summed E-state index contributed by atoms with van der Waals surface area (Å²) in [5, 5.41) is 10.7. The lowest BCUT2D eigenvalue weighted by atomic mass is 10.0. The Kier molecular flexibility index (Phi) is 80.2. The predicted octanol–water partition coefficient (Wildman–Crippen LogP) is 27.5. The van der Waals surface area contributed by atoms with Crippen molar-refractivity contribution >= 4 is 39.5 Å². The highest BCUT2D eigenvalue weighted by Crippen LogP contribution is 2.45. The maximum absolute atomic E-state index is 13.2. The van der Waals surface area contributed by atoms with Crippen molar-refractivity contribution in [3.63, 3.8) is 0 Å². The SMILES string of the molecule is CCCCCCCCCCCCCCCCCCCCCCCCC(=O)O[C@H](COC(=O)CCCCCCCCCCCCCCCCCCCC)COP(=O)(O)OC[C@@H](O)COP(=O)(O)OC[C@@H](COC(=O)CCCCCCCCCC(C)C)OC(=O)CCCCCCCCCCCCCCCCCCCC. The fourth-order valence-corrected chi connectivity index (χ4v) is 15.6. The number of phosphoric ester groups is 2. The van der Waals surface area contributed by atoms with Gasteiger partial charge in [0.25, 0.3) is 0 Å². The Morgan fingerprint density at radius 1 is 0.250 bits per heavy atom. The third-order valence-corrected chi connectivity index (χ3v) is 22.9. The molecule has 17 nitrogen and oxygen atoms in total. The van der Waals surface area contributed by atoms with Gasteiger partial charge in [-0.25, -0.2) is 9.13 Å². The van der Waals surface area contributed by atoms with Crippen LogP contribution in [0.1, 0.15) is 484 Å². The highest BCUT2D eigenvalue weighted by molar-refractivity contribution is 7.47. The highest BCUT2D eigenvalue weighted by atomic mass is 31.2. The van der Waals surface area contributed by atoms with Crippen molar-refractivity contribution in [3.05, 3.63) is 0 Å². The van der Waals surface area contributed by atoms with E-state index in [9.17, 15) is 43.2 Å². The van der Waals surface area contributed by atoms with Crippen LogP contribution in [0.4, 0.5) is 0 Å². The molecule has 0 amide bonds. The first-order valence-electron chi connectivity index (χ1n) is 46.1. The van der Waals surface area contributed by atoms with Gasteiger partial charge in [-0.1, -0.05) is 433 Å². The van der Waals surface area contributed by atoms with Crippen LogP contribution in [0.5, 0.6) is 0 Å². The largest absolute Gasteiger partial charge is 0.472 e. The van der Waals surface area contributed by atoms with Crippen LogP contribution in [-0.2, 0) is 65.4 Å². The van der Waals surface area contributed by atoms with Crippen LogP contribution in [0.15, 0.2) is 0 Å². The zero-order valence-electron chi connectivity index (χ0n) is 71.0.